The number of rotatable bonds is 3. The summed E-state index contributed by atoms with van der Waals surface area (Å²) in [6, 6.07) is 15.9. The number of pyridine rings is 1. The van der Waals surface area contributed by atoms with Crippen LogP contribution in [0.25, 0.3) is 22.2 Å². The monoisotopic (exact) mass is 327 g/mol. The number of fused-ring (bicyclic) bond motifs is 1. The molecular weight excluding hydrogens is 310 g/mol. The third kappa shape index (κ3) is 3.04. The normalized spacial score (nSPS) is 10.8. The van der Waals surface area contributed by atoms with Crippen LogP contribution in [0.15, 0.2) is 60.9 Å². The van der Waals surface area contributed by atoms with Gasteiger partial charge in [-0.3, -0.25) is 4.98 Å². The highest BCUT2D eigenvalue weighted by molar-refractivity contribution is 5.84. The quantitative estimate of drug-likeness (QED) is 0.602. The van der Waals surface area contributed by atoms with Crippen LogP contribution in [0.3, 0.4) is 0 Å². The molecule has 0 spiro atoms. The van der Waals surface area contributed by atoms with E-state index < -0.39 is 0 Å². The smallest absolute Gasteiger partial charge is 0.247 e. The average molecular weight is 327 g/mol. The van der Waals surface area contributed by atoms with Crippen molar-refractivity contribution in [3.8, 4) is 11.1 Å². The van der Waals surface area contributed by atoms with Gasteiger partial charge >= 0.3 is 0 Å². The number of para-hydroxylation sites is 1. The lowest BCUT2D eigenvalue weighted by atomic mass is 9.98. The maximum atomic E-state index is 4.59. The van der Waals surface area contributed by atoms with Gasteiger partial charge in [0.25, 0.3) is 0 Å². The number of benzene rings is 2. The molecule has 5 nitrogen and oxygen atoms in total. The zero-order chi connectivity index (χ0) is 17.2. The number of nitrogens with one attached hydrogen (secondary N) is 1. The number of anilines is 2. The predicted octanol–water partition coefficient (Wildman–Crippen LogP) is 4.45. The maximum Gasteiger partial charge on any atom is 0.247 e. The molecule has 2 heterocycles. The molecule has 2 aromatic carbocycles. The highest BCUT2D eigenvalue weighted by atomic mass is 15.2. The van der Waals surface area contributed by atoms with Gasteiger partial charge in [0.1, 0.15) is 5.52 Å². The van der Waals surface area contributed by atoms with E-state index in [1.54, 1.807) is 6.20 Å². The zero-order valence-corrected chi connectivity index (χ0v) is 14.1. The van der Waals surface area contributed by atoms with Crippen LogP contribution in [0.4, 0.5) is 11.6 Å². The number of hydrogen-bond donors (Lipinski definition) is 1. The second kappa shape index (κ2) is 6.28. The molecule has 0 radical (unpaired) electrons. The van der Waals surface area contributed by atoms with E-state index in [0.717, 1.165) is 33.4 Å². The van der Waals surface area contributed by atoms with Gasteiger partial charge in [-0.05, 0) is 60.9 Å². The van der Waals surface area contributed by atoms with Crippen molar-refractivity contribution in [2.24, 2.45) is 0 Å². The van der Waals surface area contributed by atoms with Crippen LogP contribution in [-0.2, 0) is 0 Å². The zero-order valence-electron chi connectivity index (χ0n) is 14.1. The van der Waals surface area contributed by atoms with Gasteiger partial charge in [-0.1, -0.05) is 18.2 Å². The molecule has 0 aliphatic carbocycles. The minimum absolute atomic E-state index is 0.489. The maximum absolute atomic E-state index is 4.59. The second-order valence-electron chi connectivity index (χ2n) is 5.97. The molecule has 0 saturated carbocycles. The lowest BCUT2D eigenvalue weighted by Gasteiger charge is -2.10. The Bertz CT molecular complexity index is 1040. The number of hydrogen-bond acceptors (Lipinski definition) is 5. The first-order chi connectivity index (χ1) is 12.2. The predicted molar refractivity (Wildman–Crippen MR) is 99.8 cm³/mol. The summed E-state index contributed by atoms with van der Waals surface area (Å²) in [4.78, 5) is 8.83. The summed E-state index contributed by atoms with van der Waals surface area (Å²) in [5.41, 5.74) is 7.05. The Morgan fingerprint density at radius 2 is 1.64 bits per heavy atom. The summed E-state index contributed by atoms with van der Waals surface area (Å²) >= 11 is 0. The molecule has 122 valence electrons. The Labute approximate surface area is 145 Å². The van der Waals surface area contributed by atoms with E-state index in [2.05, 4.69) is 39.3 Å². The molecule has 0 fully saturated rings. The number of aryl methyl sites for hydroxylation is 2. The largest absolute Gasteiger partial charge is 0.323 e. The first kappa shape index (κ1) is 15.2. The molecule has 0 saturated heterocycles. The van der Waals surface area contributed by atoms with Crippen molar-refractivity contribution in [2.75, 3.05) is 5.32 Å². The van der Waals surface area contributed by atoms with Crippen molar-refractivity contribution in [3.63, 3.8) is 0 Å². The fraction of sp³-hybridized carbons (Fsp3) is 0.100. The molecule has 0 bridgehead atoms. The van der Waals surface area contributed by atoms with Crippen molar-refractivity contribution >= 4 is 22.7 Å². The van der Waals surface area contributed by atoms with E-state index in [1.807, 2.05) is 54.7 Å². The minimum Gasteiger partial charge on any atom is -0.323 e. The molecule has 1 N–H and O–H groups in total. The van der Waals surface area contributed by atoms with Crippen LogP contribution in [0.1, 0.15) is 11.1 Å². The van der Waals surface area contributed by atoms with Gasteiger partial charge < -0.3 is 5.32 Å². The van der Waals surface area contributed by atoms with Crippen molar-refractivity contribution in [1.29, 1.82) is 0 Å². The lowest BCUT2D eigenvalue weighted by Crippen LogP contribution is -2.00. The summed E-state index contributed by atoms with van der Waals surface area (Å²) in [7, 11) is 0. The van der Waals surface area contributed by atoms with E-state index in [0.29, 0.717) is 5.95 Å². The SMILES string of the molecule is Cc1ccncc1-c1cc2nnc(Nc3ccccc3)nc2cc1C. The Kier molecular flexibility index (Phi) is 3.82. The van der Waals surface area contributed by atoms with Crippen molar-refractivity contribution in [1.82, 2.24) is 20.2 Å². The summed E-state index contributed by atoms with van der Waals surface area (Å²) < 4.78 is 0. The number of aromatic nitrogens is 4. The molecule has 5 heteroatoms. The third-order valence-electron chi connectivity index (χ3n) is 4.16. The Balaban J connectivity index is 1.75. The van der Waals surface area contributed by atoms with Crippen LogP contribution in [0.2, 0.25) is 0 Å². The van der Waals surface area contributed by atoms with Gasteiger partial charge in [0.2, 0.25) is 5.95 Å². The molecule has 2 aromatic heterocycles. The minimum atomic E-state index is 0.489. The van der Waals surface area contributed by atoms with Crippen molar-refractivity contribution < 1.29 is 0 Å². The summed E-state index contributed by atoms with van der Waals surface area (Å²) in [5, 5.41) is 11.7. The number of nitrogens with zero attached hydrogens (tertiary/aromatic N) is 4. The molecule has 0 aliphatic heterocycles. The van der Waals surface area contributed by atoms with Gasteiger partial charge in [0.05, 0.1) is 5.52 Å². The lowest BCUT2D eigenvalue weighted by molar-refractivity contribution is 1.03. The Hall–Kier alpha value is -3.34. The summed E-state index contributed by atoms with van der Waals surface area (Å²) in [6.45, 7) is 4.16. The van der Waals surface area contributed by atoms with Gasteiger partial charge in [0.15, 0.2) is 0 Å². The van der Waals surface area contributed by atoms with E-state index in [1.165, 1.54) is 5.56 Å². The van der Waals surface area contributed by atoms with Gasteiger partial charge in [-0.25, -0.2) is 4.98 Å². The molecular formula is C20H17N5. The highest BCUT2D eigenvalue weighted by Crippen LogP contribution is 2.29. The molecule has 0 aliphatic rings. The van der Waals surface area contributed by atoms with Gasteiger partial charge in [0, 0.05) is 23.6 Å². The van der Waals surface area contributed by atoms with Crippen LogP contribution in [-0.4, -0.2) is 20.2 Å². The average Bonchev–Trinajstić information content (AvgIpc) is 2.63. The molecule has 4 rings (SSSR count). The molecule has 0 unspecified atom stereocenters. The third-order valence-corrected chi connectivity index (χ3v) is 4.16. The second-order valence-corrected chi connectivity index (χ2v) is 5.97. The van der Waals surface area contributed by atoms with Crippen molar-refractivity contribution in [3.05, 3.63) is 72.1 Å². The van der Waals surface area contributed by atoms with Crippen LogP contribution >= 0.6 is 0 Å². The van der Waals surface area contributed by atoms with E-state index in [-0.39, 0.29) is 0 Å². The molecule has 4 aromatic rings. The van der Waals surface area contributed by atoms with Gasteiger partial charge in [-0.2, -0.15) is 0 Å². The fourth-order valence-electron chi connectivity index (χ4n) is 2.83. The van der Waals surface area contributed by atoms with E-state index in [9.17, 15) is 0 Å². The van der Waals surface area contributed by atoms with Crippen LogP contribution < -0.4 is 5.32 Å². The summed E-state index contributed by atoms with van der Waals surface area (Å²) in [6.07, 6.45) is 3.69. The van der Waals surface area contributed by atoms with Crippen LogP contribution in [0, 0.1) is 13.8 Å². The van der Waals surface area contributed by atoms with E-state index in [4.69, 9.17) is 0 Å². The molecule has 0 amide bonds. The fourth-order valence-corrected chi connectivity index (χ4v) is 2.83. The Morgan fingerprint density at radius 1 is 0.800 bits per heavy atom. The molecule has 25 heavy (non-hydrogen) atoms. The van der Waals surface area contributed by atoms with Gasteiger partial charge in [-0.15, -0.1) is 10.2 Å². The Morgan fingerprint density at radius 3 is 2.44 bits per heavy atom. The summed E-state index contributed by atoms with van der Waals surface area (Å²) in [5.74, 6) is 0.489. The topological polar surface area (TPSA) is 63.6 Å². The first-order valence-corrected chi connectivity index (χ1v) is 8.09. The standard InChI is InChI=1S/C20H17N5/c1-13-8-9-21-12-17(13)16-11-19-18(10-14(16)2)23-20(25-24-19)22-15-6-4-3-5-7-15/h3-12H,1-2H3,(H,22,23,25). The molecule has 0 atom stereocenters. The van der Waals surface area contributed by atoms with Crippen molar-refractivity contribution in [2.45, 2.75) is 13.8 Å². The van der Waals surface area contributed by atoms with Crippen LogP contribution in [0.5, 0.6) is 0 Å². The van der Waals surface area contributed by atoms with E-state index >= 15 is 0 Å². The highest BCUT2D eigenvalue weighted by Gasteiger charge is 2.10. The first-order valence-electron chi connectivity index (χ1n) is 8.09.